The summed E-state index contributed by atoms with van der Waals surface area (Å²) >= 11 is 0. The van der Waals surface area contributed by atoms with Crippen LogP contribution in [-0.4, -0.2) is 30.6 Å². The summed E-state index contributed by atoms with van der Waals surface area (Å²) in [6.45, 7) is -0.610. The van der Waals surface area contributed by atoms with E-state index in [9.17, 15) is 0 Å². The fourth-order valence-corrected chi connectivity index (χ4v) is 18.9. The van der Waals surface area contributed by atoms with Gasteiger partial charge in [-0.3, -0.25) is 0 Å². The van der Waals surface area contributed by atoms with Crippen molar-refractivity contribution in [1.29, 1.82) is 0 Å². The molecule has 3 aliphatic rings. The Bertz CT molecular complexity index is 4510. The second-order valence-corrected chi connectivity index (χ2v) is 25.1. The predicted octanol–water partition coefficient (Wildman–Crippen LogP) is 10.6. The predicted molar refractivity (Wildman–Crippen MR) is 334 cm³/mol. The molecule has 372 valence electrons. The third kappa shape index (κ3) is 6.36. The minimum atomic E-state index is -2.92. The van der Waals surface area contributed by atoms with Gasteiger partial charge in [0.2, 0.25) is 0 Å². The number of para-hydroxylation sites is 6. The molecule has 0 bridgehead atoms. The molecule has 14 aromatic rings. The van der Waals surface area contributed by atoms with Gasteiger partial charge in [-0.25, -0.2) is 0 Å². The summed E-state index contributed by atoms with van der Waals surface area (Å²) in [5, 5.41) is 9.96. The molecule has 0 aliphatic carbocycles. The molecule has 8 heteroatoms. The van der Waals surface area contributed by atoms with Gasteiger partial charge < -0.3 is 23.3 Å². The molecule has 5 nitrogen and oxygen atoms in total. The second-order valence-electron chi connectivity index (χ2n) is 21.3. The molecule has 0 saturated carbocycles. The van der Waals surface area contributed by atoms with Gasteiger partial charge in [-0.1, -0.05) is 218 Å². The lowest BCUT2D eigenvalue weighted by Gasteiger charge is -2.39. The van der Waals surface area contributed by atoms with Crippen molar-refractivity contribution in [3.63, 3.8) is 0 Å². The normalized spacial score (nSPS) is 13.0. The van der Waals surface area contributed by atoms with Crippen molar-refractivity contribution in [2.45, 2.75) is 0 Å². The first-order valence-corrected chi connectivity index (χ1v) is 29.6. The largest absolute Gasteiger partial charge is 0.459 e. The minimum Gasteiger partial charge on any atom is -0.459 e. The monoisotopic (exact) mass is 1040 g/mol. The minimum absolute atomic E-state index is 0.212. The Labute approximate surface area is 464 Å². The Hall–Kier alpha value is -10.0. The maximum Gasteiger partial charge on any atom is 0.261 e. The number of aromatic nitrogens is 2. The molecule has 2 aromatic heterocycles. The first-order valence-electron chi connectivity index (χ1n) is 27.6. The molecule has 0 unspecified atom stereocenters. The van der Waals surface area contributed by atoms with E-state index in [1.54, 1.807) is 0 Å². The molecule has 12 aromatic carbocycles. The van der Waals surface area contributed by atoms with E-state index in [0.29, 0.717) is 5.75 Å². The van der Waals surface area contributed by atoms with Crippen LogP contribution in [-0.2, 0) is 0 Å². The van der Waals surface area contributed by atoms with Crippen LogP contribution in [0.15, 0.2) is 279 Å². The van der Waals surface area contributed by atoms with E-state index in [4.69, 9.17) is 14.2 Å². The van der Waals surface area contributed by atoms with E-state index in [0.717, 1.165) is 95.0 Å². The van der Waals surface area contributed by atoms with E-state index in [2.05, 4.69) is 288 Å². The van der Waals surface area contributed by atoms with Gasteiger partial charge in [-0.15, -0.1) is 0 Å². The lowest BCUT2D eigenvalue weighted by Crippen LogP contribution is -2.75. The van der Waals surface area contributed by atoms with Crippen molar-refractivity contribution < 1.29 is 14.2 Å². The van der Waals surface area contributed by atoms with Crippen molar-refractivity contribution in [1.82, 2.24) is 9.13 Å². The van der Waals surface area contributed by atoms with Crippen LogP contribution in [0.3, 0.4) is 0 Å². The highest BCUT2D eigenvalue weighted by molar-refractivity contribution is 7.20. The topological polar surface area (TPSA) is 37.5 Å². The van der Waals surface area contributed by atoms with Crippen LogP contribution >= 0.6 is 0 Å². The van der Waals surface area contributed by atoms with E-state index >= 15 is 0 Å². The molecule has 3 aliphatic heterocycles. The Morgan fingerprint density at radius 3 is 1.15 bits per heavy atom. The molecular weight excluding hydrogens is 991 g/mol. The Kier molecular flexibility index (Phi) is 9.85. The highest BCUT2D eigenvalue weighted by Gasteiger charge is 2.49. The number of hydrogen-bond donors (Lipinski definition) is 0. The van der Waals surface area contributed by atoms with Crippen LogP contribution in [0.4, 0.5) is 0 Å². The van der Waals surface area contributed by atoms with Gasteiger partial charge in [-0.05, 0) is 97.2 Å². The van der Waals surface area contributed by atoms with Crippen LogP contribution < -0.4 is 67.7 Å². The van der Waals surface area contributed by atoms with Gasteiger partial charge in [-0.2, -0.15) is 0 Å². The first-order chi connectivity index (χ1) is 39.7. The molecular formula is C72H46B2N2O3Si. The molecule has 17 rings (SSSR count). The number of benzene rings is 12. The molecule has 0 atom stereocenters. The standard InChI is InChI=1S/C72H46B2N2O3Si/c1-4-23-47(24-5-1)80(48-25-6-2-7-26-48,49-27-8-3-9-28-49)50-43-44-57-66(45-50)78-67-46-68-71(72-70(67)73(57)55-33-14-21-42-65(55)79-72)74(56-34-15-20-41-64(56)77-68)69-62(75-58-35-16-10-29-51(58)52-30-11-17-36-59(52)75)39-22-40-63(69)76-60-37-18-12-31-53(60)54-32-13-19-38-61(54)76/h1-46H. The van der Waals surface area contributed by atoms with Crippen LogP contribution in [0.2, 0.25) is 0 Å². The zero-order chi connectivity index (χ0) is 52.5. The number of rotatable bonds is 7. The maximum atomic E-state index is 7.53. The quantitative estimate of drug-likeness (QED) is 0.118. The number of nitrogens with zero attached hydrogens (tertiary/aromatic N) is 2. The molecule has 0 fully saturated rings. The lowest BCUT2D eigenvalue weighted by molar-refractivity contribution is 0.447. The SMILES string of the molecule is c1ccc([Si](c2ccccc2)(c2ccccc2)c2ccc3c(c2)Oc2cc4c(c5c2B3c2ccccc2O5)B(c2c(-n3c5ccccc5c5ccccc53)cccc2-n2c3ccccc3c3ccccc32)c2ccccc2O4)cc1. The number of ether oxygens (including phenoxy) is 3. The van der Waals surface area contributed by atoms with E-state index in [1.807, 2.05) is 0 Å². The van der Waals surface area contributed by atoms with E-state index < -0.39 is 14.8 Å². The van der Waals surface area contributed by atoms with Gasteiger partial charge in [0, 0.05) is 49.9 Å². The van der Waals surface area contributed by atoms with Crippen LogP contribution in [0.25, 0.3) is 55.0 Å². The van der Waals surface area contributed by atoms with Gasteiger partial charge in [0.05, 0.1) is 22.1 Å². The highest BCUT2D eigenvalue weighted by atomic mass is 28.3. The fraction of sp³-hybridized carbons (Fsp3) is 0. The summed E-state index contributed by atoms with van der Waals surface area (Å²) in [4.78, 5) is 0. The molecule has 0 radical (unpaired) electrons. The zero-order valence-corrected chi connectivity index (χ0v) is 44.3. The summed E-state index contributed by atoms with van der Waals surface area (Å²) in [5.41, 5.74) is 13.0. The van der Waals surface area contributed by atoms with Crippen molar-refractivity contribution >= 4 is 119 Å². The third-order valence-electron chi connectivity index (χ3n) is 17.3. The van der Waals surface area contributed by atoms with Gasteiger partial charge in [0.25, 0.3) is 13.4 Å². The fourth-order valence-electron chi connectivity index (χ4n) is 14.1. The van der Waals surface area contributed by atoms with Crippen molar-refractivity contribution in [3.8, 4) is 45.9 Å². The van der Waals surface area contributed by atoms with Crippen molar-refractivity contribution in [2.24, 2.45) is 0 Å². The summed E-state index contributed by atoms with van der Waals surface area (Å²) < 4.78 is 27.3. The van der Waals surface area contributed by atoms with Crippen LogP contribution in [0.1, 0.15) is 0 Å². The smallest absolute Gasteiger partial charge is 0.261 e. The molecule has 0 amide bonds. The lowest BCUT2D eigenvalue weighted by atomic mass is 9.31. The molecule has 0 N–H and O–H groups in total. The Balaban J connectivity index is 0.956. The average molecular weight is 1040 g/mol. The first kappa shape index (κ1) is 45.0. The summed E-state index contributed by atoms with van der Waals surface area (Å²) in [6.07, 6.45) is 0. The zero-order valence-electron chi connectivity index (χ0n) is 43.3. The Morgan fingerprint density at radius 1 is 0.263 bits per heavy atom. The van der Waals surface area contributed by atoms with E-state index in [1.165, 1.54) is 42.3 Å². The number of hydrogen-bond acceptors (Lipinski definition) is 3. The summed E-state index contributed by atoms with van der Waals surface area (Å²) in [6, 6.07) is 102. The van der Waals surface area contributed by atoms with Crippen molar-refractivity contribution in [2.75, 3.05) is 0 Å². The van der Waals surface area contributed by atoms with E-state index in [-0.39, 0.29) is 6.71 Å². The third-order valence-corrected chi connectivity index (χ3v) is 22.1. The molecule has 80 heavy (non-hydrogen) atoms. The summed E-state index contributed by atoms with van der Waals surface area (Å²) in [5.74, 6) is 4.64. The molecule has 0 spiro atoms. The maximum absolute atomic E-state index is 7.53. The summed E-state index contributed by atoms with van der Waals surface area (Å²) in [7, 11) is -2.92. The second kappa shape index (κ2) is 17.5. The van der Waals surface area contributed by atoms with Gasteiger partial charge in [0.15, 0.2) is 8.07 Å². The average Bonchev–Trinajstić information content (AvgIpc) is 4.18. The van der Waals surface area contributed by atoms with Crippen LogP contribution in [0, 0.1) is 0 Å². The Morgan fingerprint density at radius 2 is 0.650 bits per heavy atom. The van der Waals surface area contributed by atoms with Gasteiger partial charge >= 0.3 is 0 Å². The van der Waals surface area contributed by atoms with Crippen molar-refractivity contribution in [3.05, 3.63) is 279 Å². The molecule has 5 heterocycles. The number of fused-ring (bicyclic) bond motifs is 13. The highest BCUT2D eigenvalue weighted by Crippen LogP contribution is 2.42. The molecule has 0 saturated heterocycles. The van der Waals surface area contributed by atoms with Gasteiger partial charge in [0.1, 0.15) is 34.5 Å². The van der Waals surface area contributed by atoms with Crippen LogP contribution in [0.5, 0.6) is 34.5 Å².